The molecule has 0 aliphatic heterocycles. The highest BCUT2D eigenvalue weighted by Gasteiger charge is 2.11. The molecular weight excluding hydrogens is 468 g/mol. The first kappa shape index (κ1) is 23.9. The number of nitrogens with one attached hydrogen (secondary N) is 2. The van der Waals surface area contributed by atoms with Crippen molar-refractivity contribution in [3.63, 3.8) is 0 Å². The summed E-state index contributed by atoms with van der Waals surface area (Å²) in [5, 5.41) is 21.1. The molecule has 0 saturated carbocycles. The smallest absolute Gasteiger partial charge is 0.269 e. The zero-order chi connectivity index (χ0) is 24.0. The highest BCUT2D eigenvalue weighted by Crippen LogP contribution is 2.22. The van der Waals surface area contributed by atoms with Gasteiger partial charge in [0.05, 0.1) is 15.6 Å². The molecule has 0 fully saturated rings. The lowest BCUT2D eigenvalue weighted by molar-refractivity contribution is -0.384. The fraction of sp³-hybridized carbons (Fsp3) is 0.0476. The van der Waals surface area contributed by atoms with Crippen molar-refractivity contribution in [2.75, 3.05) is 16.4 Å². The summed E-state index contributed by atoms with van der Waals surface area (Å²) < 4.78 is 22.5. The van der Waals surface area contributed by atoms with Crippen LogP contribution < -0.4 is 15.8 Å². The summed E-state index contributed by atoms with van der Waals surface area (Å²) in [4.78, 5) is 35.3. The van der Waals surface area contributed by atoms with Crippen molar-refractivity contribution in [2.45, 2.75) is 9.79 Å². The fourth-order valence-corrected chi connectivity index (χ4v) is 3.86. The number of nitrogens with zero attached hydrogens (tertiary/aromatic N) is 1. The van der Waals surface area contributed by atoms with Crippen LogP contribution in [0, 0.1) is 10.1 Å². The number of hydrogen-bond acceptors (Lipinski definition) is 7. The number of sulfonamides is 1. The van der Waals surface area contributed by atoms with E-state index in [4.69, 9.17) is 5.14 Å². The van der Waals surface area contributed by atoms with Gasteiger partial charge in [-0.2, -0.15) is 0 Å². The molecule has 0 radical (unpaired) electrons. The van der Waals surface area contributed by atoms with Crippen LogP contribution in [0.25, 0.3) is 0 Å². The Morgan fingerprint density at radius 2 is 1.42 bits per heavy atom. The Bertz CT molecular complexity index is 1280. The number of non-ortho nitro benzene ring substituents is 1. The molecule has 170 valence electrons. The normalized spacial score (nSPS) is 10.9. The number of rotatable bonds is 8. The number of anilines is 2. The van der Waals surface area contributed by atoms with Crippen molar-refractivity contribution in [2.24, 2.45) is 5.14 Å². The SMILES string of the molecule is NS(=O)(=O)c1ccc(NC(=O)CSc2ccc(NC(=O)c3ccc([N+](=O)[O-])cc3)cc2)cc1. The lowest BCUT2D eigenvalue weighted by atomic mass is 10.2. The third kappa shape index (κ3) is 6.87. The summed E-state index contributed by atoms with van der Waals surface area (Å²) in [7, 11) is -3.79. The van der Waals surface area contributed by atoms with Crippen molar-refractivity contribution in [3.05, 3.63) is 88.5 Å². The Balaban J connectivity index is 1.50. The van der Waals surface area contributed by atoms with Crippen LogP contribution in [0.1, 0.15) is 10.4 Å². The maximum absolute atomic E-state index is 12.3. The molecule has 0 aliphatic carbocycles. The Morgan fingerprint density at radius 1 is 0.879 bits per heavy atom. The summed E-state index contributed by atoms with van der Waals surface area (Å²) in [5.41, 5.74) is 1.16. The number of carbonyl (C=O) groups is 2. The van der Waals surface area contributed by atoms with Gasteiger partial charge in [-0.25, -0.2) is 13.6 Å². The van der Waals surface area contributed by atoms with Gasteiger partial charge in [0.15, 0.2) is 0 Å². The van der Waals surface area contributed by atoms with Crippen LogP contribution in [0.4, 0.5) is 17.1 Å². The Labute approximate surface area is 193 Å². The van der Waals surface area contributed by atoms with Crippen molar-refractivity contribution >= 4 is 50.7 Å². The Hall–Kier alpha value is -3.74. The van der Waals surface area contributed by atoms with Gasteiger partial charge < -0.3 is 10.6 Å². The largest absolute Gasteiger partial charge is 0.325 e. The predicted molar refractivity (Wildman–Crippen MR) is 125 cm³/mol. The van der Waals surface area contributed by atoms with Crippen LogP contribution in [-0.2, 0) is 14.8 Å². The van der Waals surface area contributed by atoms with Crippen molar-refractivity contribution in [3.8, 4) is 0 Å². The molecule has 0 aliphatic rings. The molecule has 0 bridgehead atoms. The number of nitrogens with two attached hydrogens (primary N) is 1. The maximum atomic E-state index is 12.3. The van der Waals surface area contributed by atoms with E-state index in [0.29, 0.717) is 11.4 Å². The average Bonchev–Trinajstić information content (AvgIpc) is 2.78. The van der Waals surface area contributed by atoms with Crippen LogP contribution in [-0.4, -0.2) is 30.9 Å². The van der Waals surface area contributed by atoms with Gasteiger partial charge in [-0.05, 0) is 60.7 Å². The van der Waals surface area contributed by atoms with Gasteiger partial charge in [-0.1, -0.05) is 0 Å². The van der Waals surface area contributed by atoms with Gasteiger partial charge in [-0.15, -0.1) is 11.8 Å². The standard InChI is InChI=1S/C21H18N4O6S2/c22-33(30,31)19-11-5-15(6-12-19)23-20(26)13-32-18-9-3-16(4-10-18)24-21(27)14-1-7-17(8-2-14)25(28)29/h1-12H,13H2,(H,23,26)(H,24,27)(H2,22,30,31). The zero-order valence-electron chi connectivity index (χ0n) is 16.9. The molecule has 0 heterocycles. The van der Waals surface area contributed by atoms with Crippen LogP contribution in [0.15, 0.2) is 82.6 Å². The van der Waals surface area contributed by atoms with Crippen LogP contribution in [0.5, 0.6) is 0 Å². The average molecular weight is 487 g/mol. The van der Waals surface area contributed by atoms with Gasteiger partial charge in [0.1, 0.15) is 0 Å². The monoisotopic (exact) mass is 486 g/mol. The first-order valence-corrected chi connectivity index (χ1v) is 11.9. The van der Waals surface area contributed by atoms with E-state index >= 15 is 0 Å². The number of nitro groups is 1. The Kier molecular flexibility index (Phi) is 7.43. The highest BCUT2D eigenvalue weighted by molar-refractivity contribution is 8.00. The lowest BCUT2D eigenvalue weighted by Crippen LogP contribution is -2.15. The third-order valence-corrected chi connectivity index (χ3v) is 6.23. The summed E-state index contributed by atoms with van der Waals surface area (Å²) in [6.45, 7) is 0. The topological polar surface area (TPSA) is 162 Å². The first-order chi connectivity index (χ1) is 15.6. The minimum atomic E-state index is -3.79. The van der Waals surface area contributed by atoms with Gasteiger partial charge >= 0.3 is 0 Å². The molecule has 3 rings (SSSR count). The first-order valence-electron chi connectivity index (χ1n) is 9.33. The highest BCUT2D eigenvalue weighted by atomic mass is 32.2. The van der Waals surface area contributed by atoms with Gasteiger partial charge in [-0.3, -0.25) is 19.7 Å². The molecule has 0 atom stereocenters. The third-order valence-electron chi connectivity index (χ3n) is 4.29. The number of carbonyl (C=O) groups excluding carboxylic acids is 2. The van der Waals surface area contributed by atoms with Gasteiger partial charge in [0, 0.05) is 34.0 Å². The molecule has 0 spiro atoms. The molecule has 10 nitrogen and oxygen atoms in total. The van der Waals surface area contributed by atoms with E-state index in [1.807, 2.05) is 0 Å². The second kappa shape index (κ2) is 10.3. The number of nitro benzene ring substituents is 1. The van der Waals surface area contributed by atoms with Crippen LogP contribution in [0.3, 0.4) is 0 Å². The van der Waals surface area contributed by atoms with E-state index in [9.17, 15) is 28.1 Å². The van der Waals surface area contributed by atoms with Crippen molar-refractivity contribution in [1.82, 2.24) is 0 Å². The van der Waals surface area contributed by atoms with Crippen molar-refractivity contribution in [1.29, 1.82) is 0 Å². The molecule has 4 N–H and O–H groups in total. The summed E-state index contributed by atoms with van der Waals surface area (Å²) in [6, 6.07) is 17.6. The summed E-state index contributed by atoms with van der Waals surface area (Å²) in [5.74, 6) is -0.567. The quantitative estimate of drug-likeness (QED) is 0.250. The van der Waals surface area contributed by atoms with Gasteiger partial charge in [0.25, 0.3) is 11.6 Å². The number of benzene rings is 3. The molecule has 2 amide bonds. The Morgan fingerprint density at radius 3 is 1.97 bits per heavy atom. The maximum Gasteiger partial charge on any atom is 0.269 e. The second-order valence-corrected chi connectivity index (χ2v) is 9.30. The number of thioether (sulfide) groups is 1. The van der Waals surface area contributed by atoms with E-state index < -0.39 is 20.9 Å². The predicted octanol–water partition coefficient (Wildman–Crippen LogP) is 3.23. The molecule has 0 unspecified atom stereocenters. The number of hydrogen-bond donors (Lipinski definition) is 3. The van der Waals surface area contributed by atoms with Gasteiger partial charge in [0.2, 0.25) is 15.9 Å². The number of primary sulfonamides is 1. The molecule has 12 heteroatoms. The second-order valence-electron chi connectivity index (χ2n) is 6.69. The summed E-state index contributed by atoms with van der Waals surface area (Å²) in [6.07, 6.45) is 0. The molecule has 33 heavy (non-hydrogen) atoms. The van der Waals surface area contributed by atoms with E-state index in [0.717, 1.165) is 4.90 Å². The minimum absolute atomic E-state index is 0.0457. The van der Waals surface area contributed by atoms with E-state index in [-0.39, 0.29) is 27.8 Å². The molecular formula is C21H18N4O6S2. The van der Waals surface area contributed by atoms with E-state index in [2.05, 4.69) is 10.6 Å². The van der Waals surface area contributed by atoms with E-state index in [1.54, 1.807) is 24.3 Å². The lowest BCUT2D eigenvalue weighted by Gasteiger charge is -2.08. The minimum Gasteiger partial charge on any atom is -0.325 e. The fourth-order valence-electron chi connectivity index (χ4n) is 2.65. The number of amides is 2. The van der Waals surface area contributed by atoms with Crippen LogP contribution >= 0.6 is 11.8 Å². The molecule has 0 aromatic heterocycles. The zero-order valence-corrected chi connectivity index (χ0v) is 18.6. The van der Waals surface area contributed by atoms with Crippen LogP contribution in [0.2, 0.25) is 0 Å². The molecule has 3 aromatic carbocycles. The van der Waals surface area contributed by atoms with Crippen molar-refractivity contribution < 1.29 is 22.9 Å². The molecule has 3 aromatic rings. The van der Waals surface area contributed by atoms with E-state index in [1.165, 1.54) is 60.3 Å². The summed E-state index contributed by atoms with van der Waals surface area (Å²) >= 11 is 1.28. The molecule has 0 saturated heterocycles.